The number of ether oxygens (including phenoxy) is 1. The molecule has 2 aromatic heterocycles. The molecule has 0 unspecified atom stereocenters. The van der Waals surface area contributed by atoms with Gasteiger partial charge in [-0.15, -0.1) is 0 Å². The minimum Gasteiger partial charge on any atom is -0.477 e. The van der Waals surface area contributed by atoms with Gasteiger partial charge in [-0.05, 0) is 17.9 Å². The van der Waals surface area contributed by atoms with Gasteiger partial charge >= 0.3 is 0 Å². The largest absolute Gasteiger partial charge is 0.477 e. The predicted molar refractivity (Wildman–Crippen MR) is 73.7 cm³/mol. The lowest BCUT2D eigenvalue weighted by Gasteiger charge is -2.08. The second-order valence-corrected chi connectivity index (χ2v) is 4.64. The molecule has 0 aliphatic carbocycles. The summed E-state index contributed by atoms with van der Waals surface area (Å²) in [7, 11) is 0. The monoisotopic (exact) mass is 256 g/mol. The van der Waals surface area contributed by atoms with E-state index in [9.17, 15) is 0 Å². The van der Waals surface area contributed by atoms with Crippen LogP contribution < -0.4 is 4.74 Å². The first-order valence-electron chi connectivity index (χ1n) is 6.17. The Labute approximate surface area is 112 Å². The average molecular weight is 256 g/mol. The van der Waals surface area contributed by atoms with E-state index < -0.39 is 0 Å². The number of allylic oxidation sites excluding steroid dienone is 1. The van der Waals surface area contributed by atoms with E-state index in [1.165, 1.54) is 12.5 Å². The highest BCUT2D eigenvalue weighted by Gasteiger charge is 2.11. The molecule has 0 aliphatic rings. The number of nitrogens with one attached hydrogen (secondary N) is 1. The van der Waals surface area contributed by atoms with Crippen LogP contribution in [0.2, 0.25) is 0 Å². The Balaban J connectivity index is 2.32. The van der Waals surface area contributed by atoms with Crippen molar-refractivity contribution >= 4 is 11.0 Å². The molecular weight excluding hydrogens is 240 g/mol. The van der Waals surface area contributed by atoms with Gasteiger partial charge < -0.3 is 9.72 Å². The van der Waals surface area contributed by atoms with E-state index in [1.54, 1.807) is 0 Å². The zero-order chi connectivity index (χ0) is 13.7. The molecular formula is C14H16N4O. The number of nitrogens with zero attached hydrogens (tertiary/aromatic N) is 3. The SMILES string of the molecule is [C-]#[N+]/C=C\Cc1c[nH]c2ncnc(OCC(C)C)c12. The molecule has 2 aromatic rings. The standard InChI is InChI=1S/C14H16N4O/c1-10(2)8-19-14-12-11(5-4-6-15-3)7-16-13(12)17-9-18-14/h4,6-7,9-10H,5,8H2,1-2H3,(H,16,17,18)/b6-4-. The summed E-state index contributed by atoms with van der Waals surface area (Å²) in [6.45, 7) is 11.5. The Morgan fingerprint density at radius 1 is 1.47 bits per heavy atom. The molecule has 19 heavy (non-hydrogen) atoms. The molecule has 1 N–H and O–H groups in total. The van der Waals surface area contributed by atoms with Crippen LogP contribution in [0.5, 0.6) is 5.88 Å². The van der Waals surface area contributed by atoms with Gasteiger partial charge in [-0.2, -0.15) is 0 Å². The van der Waals surface area contributed by atoms with E-state index in [1.807, 2.05) is 12.3 Å². The molecule has 0 radical (unpaired) electrons. The summed E-state index contributed by atoms with van der Waals surface area (Å²) in [6.07, 6.45) is 7.31. The van der Waals surface area contributed by atoms with Crippen molar-refractivity contribution in [2.45, 2.75) is 20.3 Å². The minimum absolute atomic E-state index is 0.439. The van der Waals surface area contributed by atoms with E-state index in [0.29, 0.717) is 24.8 Å². The van der Waals surface area contributed by atoms with Crippen LogP contribution in [0.15, 0.2) is 24.8 Å². The van der Waals surface area contributed by atoms with Crippen LogP contribution in [0.1, 0.15) is 19.4 Å². The zero-order valence-electron chi connectivity index (χ0n) is 11.1. The molecule has 0 saturated heterocycles. The highest BCUT2D eigenvalue weighted by atomic mass is 16.5. The van der Waals surface area contributed by atoms with Crippen molar-refractivity contribution in [2.75, 3.05) is 6.61 Å². The highest BCUT2D eigenvalue weighted by molar-refractivity contribution is 5.84. The van der Waals surface area contributed by atoms with Gasteiger partial charge in [0, 0.05) is 6.20 Å². The Morgan fingerprint density at radius 2 is 2.32 bits per heavy atom. The number of hydrogen-bond acceptors (Lipinski definition) is 3. The molecule has 0 amide bonds. The molecule has 5 nitrogen and oxygen atoms in total. The molecule has 0 atom stereocenters. The number of H-pyrrole nitrogens is 1. The second kappa shape index (κ2) is 6.01. The van der Waals surface area contributed by atoms with Gasteiger partial charge in [-0.25, -0.2) is 14.8 Å². The van der Waals surface area contributed by atoms with Crippen LogP contribution in [0.25, 0.3) is 15.9 Å². The first kappa shape index (κ1) is 13.1. The van der Waals surface area contributed by atoms with Crippen molar-refractivity contribution in [3.05, 3.63) is 41.8 Å². The fourth-order valence-electron chi connectivity index (χ4n) is 1.74. The van der Waals surface area contributed by atoms with Crippen LogP contribution in [0.4, 0.5) is 0 Å². The molecule has 2 rings (SSSR count). The summed E-state index contributed by atoms with van der Waals surface area (Å²) in [5, 5.41) is 0.901. The molecule has 0 saturated carbocycles. The van der Waals surface area contributed by atoms with Crippen molar-refractivity contribution in [3.8, 4) is 5.88 Å². The maximum Gasteiger partial charge on any atom is 0.226 e. The fourth-order valence-corrected chi connectivity index (χ4v) is 1.74. The van der Waals surface area contributed by atoms with Gasteiger partial charge in [-0.3, -0.25) is 0 Å². The summed E-state index contributed by atoms with van der Waals surface area (Å²) in [4.78, 5) is 14.7. The normalized spacial score (nSPS) is 11.3. The van der Waals surface area contributed by atoms with Crippen LogP contribution in [-0.4, -0.2) is 21.6 Å². The van der Waals surface area contributed by atoms with Gasteiger partial charge in [0.2, 0.25) is 5.88 Å². The smallest absolute Gasteiger partial charge is 0.226 e. The maximum absolute atomic E-state index is 6.73. The third kappa shape index (κ3) is 3.10. The molecule has 0 aromatic carbocycles. The van der Waals surface area contributed by atoms with E-state index >= 15 is 0 Å². The van der Waals surface area contributed by atoms with Gasteiger partial charge in [0.15, 0.2) is 6.20 Å². The van der Waals surface area contributed by atoms with Crippen molar-refractivity contribution in [1.29, 1.82) is 0 Å². The molecule has 0 aliphatic heterocycles. The number of rotatable bonds is 5. The lowest BCUT2D eigenvalue weighted by atomic mass is 10.2. The van der Waals surface area contributed by atoms with E-state index in [2.05, 4.69) is 33.6 Å². The van der Waals surface area contributed by atoms with E-state index in [0.717, 1.165) is 16.6 Å². The molecule has 2 heterocycles. The van der Waals surface area contributed by atoms with Crippen molar-refractivity contribution in [3.63, 3.8) is 0 Å². The van der Waals surface area contributed by atoms with Crippen molar-refractivity contribution < 1.29 is 4.74 Å². The van der Waals surface area contributed by atoms with Gasteiger partial charge in [-0.1, -0.05) is 19.9 Å². The third-order valence-electron chi connectivity index (χ3n) is 2.59. The zero-order valence-corrected chi connectivity index (χ0v) is 11.1. The Kier molecular flexibility index (Phi) is 4.14. The average Bonchev–Trinajstić information content (AvgIpc) is 2.81. The lowest BCUT2D eigenvalue weighted by molar-refractivity contribution is 0.264. The Hall–Kier alpha value is -2.35. The Morgan fingerprint density at radius 3 is 3.05 bits per heavy atom. The maximum atomic E-state index is 6.73. The van der Waals surface area contributed by atoms with Crippen LogP contribution in [-0.2, 0) is 6.42 Å². The predicted octanol–water partition coefficient (Wildman–Crippen LogP) is 2.97. The topological polar surface area (TPSA) is 55.2 Å². The van der Waals surface area contributed by atoms with Gasteiger partial charge in [0.1, 0.15) is 12.0 Å². The van der Waals surface area contributed by atoms with Gasteiger partial charge in [0.05, 0.1) is 18.6 Å². The minimum atomic E-state index is 0.439. The second-order valence-electron chi connectivity index (χ2n) is 4.64. The Bertz CT molecular complexity index is 622. The molecule has 0 spiro atoms. The summed E-state index contributed by atoms with van der Waals surface area (Å²) < 4.78 is 5.73. The summed E-state index contributed by atoms with van der Waals surface area (Å²) >= 11 is 0. The molecule has 5 heteroatoms. The number of hydrogen-bond donors (Lipinski definition) is 1. The third-order valence-corrected chi connectivity index (χ3v) is 2.59. The van der Waals surface area contributed by atoms with E-state index in [-0.39, 0.29) is 0 Å². The molecule has 0 fully saturated rings. The number of fused-ring (bicyclic) bond motifs is 1. The van der Waals surface area contributed by atoms with Crippen molar-refractivity contribution in [1.82, 2.24) is 15.0 Å². The fraction of sp³-hybridized carbons (Fsp3) is 0.357. The molecule has 98 valence electrons. The van der Waals surface area contributed by atoms with Crippen LogP contribution in [0, 0.1) is 12.5 Å². The quantitative estimate of drug-likeness (QED) is 0.837. The van der Waals surface area contributed by atoms with Crippen LogP contribution >= 0.6 is 0 Å². The highest BCUT2D eigenvalue weighted by Crippen LogP contribution is 2.26. The van der Waals surface area contributed by atoms with Gasteiger partial charge in [0.25, 0.3) is 0 Å². The number of aromatic nitrogens is 3. The van der Waals surface area contributed by atoms with Crippen LogP contribution in [0.3, 0.4) is 0 Å². The molecule has 0 bridgehead atoms. The lowest BCUT2D eigenvalue weighted by Crippen LogP contribution is -2.06. The van der Waals surface area contributed by atoms with Crippen molar-refractivity contribution in [2.24, 2.45) is 5.92 Å². The first-order chi connectivity index (χ1) is 9.22. The summed E-state index contributed by atoms with van der Waals surface area (Å²) in [5.41, 5.74) is 1.80. The summed E-state index contributed by atoms with van der Waals surface area (Å²) in [5.74, 6) is 1.04. The first-order valence-corrected chi connectivity index (χ1v) is 6.17. The summed E-state index contributed by atoms with van der Waals surface area (Å²) in [6, 6.07) is 0. The van der Waals surface area contributed by atoms with E-state index in [4.69, 9.17) is 11.3 Å². The number of aromatic amines is 1.